The van der Waals surface area contributed by atoms with E-state index in [4.69, 9.17) is 11.6 Å². The number of piperazine rings is 1. The van der Waals surface area contributed by atoms with Crippen LogP contribution in [0.2, 0.25) is 5.15 Å². The molecule has 2 heterocycles. The Bertz CT molecular complexity index is 477. The van der Waals surface area contributed by atoms with Crippen molar-refractivity contribution in [2.75, 3.05) is 19.6 Å². The summed E-state index contributed by atoms with van der Waals surface area (Å²) in [5.41, 5.74) is 0.620. The summed E-state index contributed by atoms with van der Waals surface area (Å²) in [6.45, 7) is 3.98. The molecule has 0 radical (unpaired) electrons. The summed E-state index contributed by atoms with van der Waals surface area (Å²) in [5.74, 6) is -0.911. The molecule has 19 heavy (non-hydrogen) atoms. The molecule has 1 saturated heterocycles. The van der Waals surface area contributed by atoms with E-state index >= 15 is 0 Å². The molecule has 0 aromatic carbocycles. The third-order valence-corrected chi connectivity index (χ3v) is 3.11. The van der Waals surface area contributed by atoms with Crippen molar-refractivity contribution in [3.63, 3.8) is 0 Å². The number of amides is 2. The van der Waals surface area contributed by atoms with Crippen LogP contribution in [0.25, 0.3) is 0 Å². The van der Waals surface area contributed by atoms with Gasteiger partial charge in [0.2, 0.25) is 0 Å². The average molecular weight is 283 g/mol. The Hall–Kier alpha value is -1.69. The third kappa shape index (κ3) is 3.20. The van der Waals surface area contributed by atoms with Gasteiger partial charge in [0.25, 0.3) is 0 Å². The van der Waals surface area contributed by atoms with Crippen LogP contribution in [0, 0.1) is 0 Å². The predicted octanol–water partition coefficient (Wildman–Crippen LogP) is 0.711. The normalized spacial score (nSPS) is 16.1. The fourth-order valence-corrected chi connectivity index (χ4v) is 2.06. The highest BCUT2D eigenvalue weighted by atomic mass is 35.5. The summed E-state index contributed by atoms with van der Waals surface area (Å²) in [6, 6.07) is 0. The van der Waals surface area contributed by atoms with Gasteiger partial charge in [-0.15, -0.1) is 0 Å². The Labute approximate surface area is 116 Å². The number of nitrogens with zero attached hydrogens (tertiary/aromatic N) is 4. The molecule has 2 rings (SSSR count). The van der Waals surface area contributed by atoms with Gasteiger partial charge in [0.05, 0.1) is 24.6 Å². The van der Waals surface area contributed by atoms with E-state index < -0.39 is 11.8 Å². The Morgan fingerprint density at radius 3 is 2.47 bits per heavy atom. The van der Waals surface area contributed by atoms with E-state index in [0.717, 1.165) is 6.42 Å². The van der Waals surface area contributed by atoms with Crippen molar-refractivity contribution < 1.29 is 9.59 Å². The van der Waals surface area contributed by atoms with Crippen molar-refractivity contribution in [2.24, 2.45) is 0 Å². The number of carbonyl (C=O) groups excluding carboxylic acids is 2. The van der Waals surface area contributed by atoms with Gasteiger partial charge in [-0.05, 0) is 6.42 Å². The van der Waals surface area contributed by atoms with Gasteiger partial charge in [-0.25, -0.2) is 4.98 Å². The maximum Gasteiger partial charge on any atom is 0.312 e. The van der Waals surface area contributed by atoms with E-state index in [9.17, 15) is 9.59 Å². The Balaban J connectivity index is 2.01. The molecule has 0 saturated carbocycles. The van der Waals surface area contributed by atoms with Crippen molar-refractivity contribution >= 4 is 23.4 Å². The first kappa shape index (κ1) is 13.7. The molecule has 0 aliphatic carbocycles. The quantitative estimate of drug-likeness (QED) is 0.763. The lowest BCUT2D eigenvalue weighted by Gasteiger charge is -2.33. The monoisotopic (exact) mass is 282 g/mol. The molecule has 0 bridgehead atoms. The summed E-state index contributed by atoms with van der Waals surface area (Å²) in [7, 11) is 0. The van der Waals surface area contributed by atoms with E-state index in [1.165, 1.54) is 17.3 Å². The highest BCUT2D eigenvalue weighted by Gasteiger charge is 2.31. The molecule has 1 fully saturated rings. The molecule has 0 unspecified atom stereocenters. The van der Waals surface area contributed by atoms with E-state index in [1.807, 2.05) is 6.92 Å². The van der Waals surface area contributed by atoms with Crippen LogP contribution < -0.4 is 0 Å². The molecule has 0 atom stereocenters. The number of hydrogen-bond donors (Lipinski definition) is 0. The molecule has 0 N–H and O–H groups in total. The molecule has 102 valence electrons. The minimum atomic E-state index is -0.476. The van der Waals surface area contributed by atoms with Crippen molar-refractivity contribution in [2.45, 2.75) is 19.9 Å². The van der Waals surface area contributed by atoms with Crippen LogP contribution in [0.1, 0.15) is 19.0 Å². The molecule has 1 aliphatic heterocycles. The van der Waals surface area contributed by atoms with Crippen molar-refractivity contribution in [1.29, 1.82) is 0 Å². The van der Waals surface area contributed by atoms with Gasteiger partial charge in [-0.3, -0.25) is 14.6 Å². The minimum absolute atomic E-state index is 0.286. The minimum Gasteiger partial charge on any atom is -0.333 e. The second-order valence-electron chi connectivity index (χ2n) is 4.35. The van der Waals surface area contributed by atoms with E-state index in [0.29, 0.717) is 30.5 Å². The van der Waals surface area contributed by atoms with Crippen LogP contribution in [0.15, 0.2) is 12.4 Å². The zero-order valence-corrected chi connectivity index (χ0v) is 11.4. The first-order valence-electron chi connectivity index (χ1n) is 6.16. The lowest BCUT2D eigenvalue weighted by atomic mass is 10.2. The lowest BCUT2D eigenvalue weighted by Crippen LogP contribution is -2.54. The van der Waals surface area contributed by atoms with Gasteiger partial charge in [-0.1, -0.05) is 18.5 Å². The van der Waals surface area contributed by atoms with E-state index in [-0.39, 0.29) is 6.54 Å². The fourth-order valence-electron chi connectivity index (χ4n) is 1.97. The molecule has 2 amide bonds. The van der Waals surface area contributed by atoms with Crippen LogP contribution in [0.4, 0.5) is 0 Å². The van der Waals surface area contributed by atoms with Crippen molar-refractivity contribution in [1.82, 2.24) is 19.8 Å². The third-order valence-electron chi connectivity index (χ3n) is 2.92. The van der Waals surface area contributed by atoms with Crippen LogP contribution >= 0.6 is 11.6 Å². The zero-order valence-electron chi connectivity index (χ0n) is 10.7. The topological polar surface area (TPSA) is 66.4 Å². The molecular weight excluding hydrogens is 268 g/mol. The maximum absolute atomic E-state index is 11.9. The summed E-state index contributed by atoms with van der Waals surface area (Å²) < 4.78 is 0. The molecule has 1 aromatic heterocycles. The largest absolute Gasteiger partial charge is 0.333 e. The summed E-state index contributed by atoms with van der Waals surface area (Å²) >= 11 is 5.65. The fraction of sp³-hybridized carbons (Fsp3) is 0.500. The second kappa shape index (κ2) is 5.97. The van der Waals surface area contributed by atoms with Gasteiger partial charge < -0.3 is 9.80 Å². The summed E-state index contributed by atoms with van der Waals surface area (Å²) in [6.07, 6.45) is 3.79. The molecule has 6 nitrogen and oxygen atoms in total. The zero-order chi connectivity index (χ0) is 13.8. The maximum atomic E-state index is 11.9. The molecule has 0 spiro atoms. The van der Waals surface area contributed by atoms with Crippen LogP contribution in [-0.4, -0.2) is 51.2 Å². The molecular formula is C12H15ClN4O2. The molecule has 1 aromatic rings. The first-order valence-corrected chi connectivity index (χ1v) is 6.54. The SMILES string of the molecule is CCCN1CCN(Cc2cnc(Cl)cn2)C(=O)C1=O. The summed E-state index contributed by atoms with van der Waals surface area (Å²) in [4.78, 5) is 34.8. The smallest absolute Gasteiger partial charge is 0.312 e. The summed E-state index contributed by atoms with van der Waals surface area (Å²) in [5, 5.41) is 0.305. The highest BCUT2D eigenvalue weighted by molar-refractivity contribution is 6.35. The highest BCUT2D eigenvalue weighted by Crippen LogP contribution is 2.10. The number of carbonyl (C=O) groups is 2. The first-order chi connectivity index (χ1) is 9.11. The van der Waals surface area contributed by atoms with E-state index in [1.54, 1.807) is 4.90 Å². The molecule has 1 aliphatic rings. The number of halogens is 1. The average Bonchev–Trinajstić information content (AvgIpc) is 2.41. The Morgan fingerprint density at radius 2 is 1.84 bits per heavy atom. The Kier molecular flexibility index (Phi) is 4.31. The Morgan fingerprint density at radius 1 is 1.16 bits per heavy atom. The van der Waals surface area contributed by atoms with Crippen molar-refractivity contribution in [3.8, 4) is 0 Å². The van der Waals surface area contributed by atoms with Gasteiger partial charge in [0.1, 0.15) is 5.15 Å². The van der Waals surface area contributed by atoms with Gasteiger partial charge >= 0.3 is 11.8 Å². The van der Waals surface area contributed by atoms with Gasteiger partial charge in [0.15, 0.2) is 0 Å². The van der Waals surface area contributed by atoms with Crippen molar-refractivity contribution in [3.05, 3.63) is 23.2 Å². The number of aromatic nitrogens is 2. The second-order valence-corrected chi connectivity index (χ2v) is 4.74. The van der Waals surface area contributed by atoms with E-state index in [2.05, 4.69) is 9.97 Å². The number of rotatable bonds is 4. The molecule has 7 heteroatoms. The van der Waals surface area contributed by atoms with Crippen LogP contribution in [-0.2, 0) is 16.1 Å². The standard InChI is InChI=1S/C12H15ClN4O2/c1-2-3-16-4-5-17(12(19)11(16)18)8-9-6-15-10(13)7-14-9/h6-7H,2-5,8H2,1H3. The number of hydrogen-bond acceptors (Lipinski definition) is 4. The van der Waals surface area contributed by atoms with Gasteiger partial charge in [0, 0.05) is 19.6 Å². The lowest BCUT2D eigenvalue weighted by molar-refractivity contribution is -0.156. The van der Waals surface area contributed by atoms with Gasteiger partial charge in [-0.2, -0.15) is 0 Å². The predicted molar refractivity (Wildman–Crippen MR) is 69.3 cm³/mol. The van der Waals surface area contributed by atoms with Crippen LogP contribution in [0.3, 0.4) is 0 Å². The van der Waals surface area contributed by atoms with Crippen LogP contribution in [0.5, 0.6) is 0 Å².